The first-order chi connectivity index (χ1) is 10.5. The van der Waals surface area contributed by atoms with Crippen LogP contribution in [0.15, 0.2) is 43.0 Å². The van der Waals surface area contributed by atoms with E-state index in [1.807, 2.05) is 37.3 Å². The maximum Gasteiger partial charge on any atom is 0.226 e. The van der Waals surface area contributed by atoms with Gasteiger partial charge in [-0.15, -0.1) is 18.2 Å². The van der Waals surface area contributed by atoms with Crippen molar-refractivity contribution in [2.45, 2.75) is 31.7 Å². The summed E-state index contributed by atoms with van der Waals surface area (Å²) in [5.74, 6) is 0.418. The molecule has 0 fully saturated rings. The lowest BCUT2D eigenvalue weighted by molar-refractivity contribution is -0.142. The molecule has 0 saturated carbocycles. The normalized spacial score (nSPS) is 14.9. The van der Waals surface area contributed by atoms with Gasteiger partial charge in [0.05, 0.1) is 12.1 Å². The first kappa shape index (κ1) is 18.7. The first-order valence-corrected chi connectivity index (χ1v) is 8.15. The van der Waals surface area contributed by atoms with E-state index < -0.39 is 5.54 Å². The summed E-state index contributed by atoms with van der Waals surface area (Å²) in [6, 6.07) is 9.61. The molecular weight excluding hydrogens is 298 g/mol. The van der Waals surface area contributed by atoms with Crippen LogP contribution >= 0.6 is 11.6 Å². The topological polar surface area (TPSA) is 40.5 Å². The summed E-state index contributed by atoms with van der Waals surface area (Å²) in [4.78, 5) is 14.5. The molecule has 0 unspecified atom stereocenters. The van der Waals surface area contributed by atoms with Crippen LogP contribution in [0.1, 0.15) is 31.7 Å². The molecule has 0 radical (unpaired) electrons. The Bertz CT molecular complexity index is 477. The van der Waals surface area contributed by atoms with Crippen molar-refractivity contribution in [1.82, 2.24) is 4.90 Å². The third kappa shape index (κ3) is 4.34. The lowest BCUT2D eigenvalue weighted by Gasteiger charge is -2.39. The Labute approximate surface area is 138 Å². The Morgan fingerprint density at radius 3 is 2.59 bits per heavy atom. The van der Waals surface area contributed by atoms with Crippen molar-refractivity contribution >= 4 is 17.5 Å². The Morgan fingerprint density at radius 1 is 1.45 bits per heavy atom. The van der Waals surface area contributed by atoms with Crippen LogP contribution in [0.3, 0.4) is 0 Å². The summed E-state index contributed by atoms with van der Waals surface area (Å²) < 4.78 is 0. The SMILES string of the molecule is C=CC[C@H](CCCCl)C(=O)N(C)[C@@](C)(CO)c1ccccc1. The van der Waals surface area contributed by atoms with E-state index >= 15 is 0 Å². The van der Waals surface area contributed by atoms with E-state index in [4.69, 9.17) is 11.6 Å². The highest BCUT2D eigenvalue weighted by molar-refractivity contribution is 6.17. The number of nitrogens with zero attached hydrogens (tertiary/aromatic N) is 1. The molecule has 0 spiro atoms. The second kappa shape index (κ2) is 8.96. The number of hydrogen-bond donors (Lipinski definition) is 1. The van der Waals surface area contributed by atoms with Crippen LogP contribution in [-0.4, -0.2) is 35.4 Å². The number of likely N-dealkylation sites (N-methyl/N-ethyl adjacent to an activating group) is 1. The van der Waals surface area contributed by atoms with Gasteiger partial charge in [-0.3, -0.25) is 4.79 Å². The van der Waals surface area contributed by atoms with Gasteiger partial charge in [-0.25, -0.2) is 0 Å². The van der Waals surface area contributed by atoms with Crippen LogP contribution in [0.4, 0.5) is 0 Å². The highest BCUT2D eigenvalue weighted by atomic mass is 35.5. The zero-order valence-electron chi connectivity index (χ0n) is 13.5. The number of hydrogen-bond acceptors (Lipinski definition) is 2. The fourth-order valence-corrected chi connectivity index (χ4v) is 2.73. The largest absolute Gasteiger partial charge is 0.394 e. The number of aliphatic hydroxyl groups excluding tert-OH is 1. The van der Waals surface area contributed by atoms with Crippen LogP contribution in [0.2, 0.25) is 0 Å². The molecule has 4 heteroatoms. The molecular formula is C18H26ClNO2. The number of benzene rings is 1. The van der Waals surface area contributed by atoms with Gasteiger partial charge in [0.15, 0.2) is 0 Å². The van der Waals surface area contributed by atoms with Crippen LogP contribution in [-0.2, 0) is 10.3 Å². The molecule has 1 aromatic rings. The zero-order valence-corrected chi connectivity index (χ0v) is 14.2. The highest BCUT2D eigenvalue weighted by Crippen LogP contribution is 2.29. The van der Waals surface area contributed by atoms with Crippen molar-refractivity contribution in [2.75, 3.05) is 19.5 Å². The van der Waals surface area contributed by atoms with Crippen LogP contribution in [0.5, 0.6) is 0 Å². The van der Waals surface area contributed by atoms with Crippen molar-refractivity contribution in [1.29, 1.82) is 0 Å². The molecule has 1 rings (SSSR count). The van der Waals surface area contributed by atoms with Gasteiger partial charge in [0.1, 0.15) is 0 Å². The third-order valence-electron chi connectivity index (χ3n) is 4.26. The fourth-order valence-electron chi connectivity index (χ4n) is 2.57. The number of aliphatic hydroxyl groups is 1. The summed E-state index contributed by atoms with van der Waals surface area (Å²) in [6.45, 7) is 5.49. The molecule has 0 aromatic heterocycles. The minimum atomic E-state index is -0.737. The molecule has 2 atom stereocenters. The quantitative estimate of drug-likeness (QED) is 0.557. The predicted molar refractivity (Wildman–Crippen MR) is 91.9 cm³/mol. The first-order valence-electron chi connectivity index (χ1n) is 7.62. The molecule has 22 heavy (non-hydrogen) atoms. The number of carbonyl (C=O) groups excluding carboxylic acids is 1. The van der Waals surface area contributed by atoms with Gasteiger partial charge in [0, 0.05) is 18.8 Å². The molecule has 0 heterocycles. The molecule has 0 aliphatic carbocycles. The van der Waals surface area contributed by atoms with Crippen molar-refractivity contribution in [3.8, 4) is 0 Å². The van der Waals surface area contributed by atoms with Gasteiger partial charge in [-0.2, -0.15) is 0 Å². The van der Waals surface area contributed by atoms with Crippen LogP contribution in [0.25, 0.3) is 0 Å². The monoisotopic (exact) mass is 323 g/mol. The molecule has 1 amide bonds. The Hall–Kier alpha value is -1.32. The smallest absolute Gasteiger partial charge is 0.226 e. The van der Waals surface area contributed by atoms with E-state index in [0.29, 0.717) is 12.3 Å². The molecule has 0 bridgehead atoms. The lowest BCUT2D eigenvalue weighted by atomic mass is 9.88. The summed E-state index contributed by atoms with van der Waals surface area (Å²) in [7, 11) is 1.75. The van der Waals surface area contributed by atoms with E-state index in [0.717, 1.165) is 18.4 Å². The van der Waals surface area contributed by atoms with Crippen molar-refractivity contribution in [3.05, 3.63) is 48.6 Å². The van der Waals surface area contributed by atoms with Crippen molar-refractivity contribution in [2.24, 2.45) is 5.92 Å². The summed E-state index contributed by atoms with van der Waals surface area (Å²) in [6.07, 6.45) is 3.91. The molecule has 1 N–H and O–H groups in total. The number of carbonyl (C=O) groups is 1. The molecule has 122 valence electrons. The van der Waals surface area contributed by atoms with E-state index in [2.05, 4.69) is 6.58 Å². The average Bonchev–Trinajstić information content (AvgIpc) is 2.57. The third-order valence-corrected chi connectivity index (χ3v) is 4.53. The van der Waals surface area contributed by atoms with Crippen LogP contribution < -0.4 is 0 Å². The van der Waals surface area contributed by atoms with E-state index in [9.17, 15) is 9.90 Å². The van der Waals surface area contributed by atoms with Crippen molar-refractivity contribution < 1.29 is 9.90 Å². The molecule has 0 aliphatic heterocycles. The number of allylic oxidation sites excluding steroid dienone is 1. The second-order valence-corrected chi connectivity index (χ2v) is 6.13. The Balaban J connectivity index is 3.00. The number of amides is 1. The number of rotatable bonds is 9. The second-order valence-electron chi connectivity index (χ2n) is 5.75. The Morgan fingerprint density at radius 2 is 2.09 bits per heavy atom. The standard InChI is InChI=1S/C18H26ClNO2/c1-4-9-15(10-8-13-19)17(22)20(3)18(2,14-21)16-11-6-5-7-12-16/h4-7,11-12,15,21H,1,8-10,13-14H2,2-3H3/t15-,18+/m1/s1. The van der Waals surface area contributed by atoms with Gasteiger partial charge in [-0.05, 0) is 31.7 Å². The number of halogens is 1. The minimum absolute atomic E-state index is 0.0189. The summed E-state index contributed by atoms with van der Waals surface area (Å²) in [5.41, 5.74) is 0.182. The average molecular weight is 324 g/mol. The molecule has 0 aliphatic rings. The van der Waals surface area contributed by atoms with E-state index in [1.54, 1.807) is 18.0 Å². The molecule has 1 aromatic carbocycles. The summed E-state index contributed by atoms with van der Waals surface area (Å²) >= 11 is 5.75. The van der Waals surface area contributed by atoms with Gasteiger partial charge in [0.2, 0.25) is 5.91 Å². The lowest BCUT2D eigenvalue weighted by Crippen LogP contribution is -2.49. The maximum atomic E-state index is 12.8. The van der Waals surface area contributed by atoms with Crippen molar-refractivity contribution in [3.63, 3.8) is 0 Å². The Kier molecular flexibility index (Phi) is 7.63. The van der Waals surface area contributed by atoms with Gasteiger partial charge in [-0.1, -0.05) is 36.4 Å². The fraction of sp³-hybridized carbons (Fsp3) is 0.500. The van der Waals surface area contributed by atoms with Gasteiger partial charge < -0.3 is 10.0 Å². The van der Waals surface area contributed by atoms with E-state index in [-0.39, 0.29) is 18.4 Å². The van der Waals surface area contributed by atoms with Gasteiger partial charge >= 0.3 is 0 Å². The number of alkyl halides is 1. The molecule has 0 saturated heterocycles. The van der Waals surface area contributed by atoms with Gasteiger partial charge in [0.25, 0.3) is 0 Å². The maximum absolute atomic E-state index is 12.8. The minimum Gasteiger partial charge on any atom is -0.394 e. The summed E-state index contributed by atoms with van der Waals surface area (Å²) in [5, 5.41) is 9.91. The highest BCUT2D eigenvalue weighted by Gasteiger charge is 2.36. The molecule has 3 nitrogen and oxygen atoms in total. The van der Waals surface area contributed by atoms with E-state index in [1.165, 1.54) is 0 Å². The van der Waals surface area contributed by atoms with Crippen LogP contribution in [0, 0.1) is 5.92 Å². The predicted octanol–water partition coefficient (Wildman–Crippen LogP) is 3.56. The zero-order chi connectivity index (χ0) is 16.6.